The number of aromatic nitrogens is 1. The molecule has 2 nitrogen and oxygen atoms in total. The Hall–Kier alpha value is -1.18. The van der Waals surface area contributed by atoms with E-state index in [0.717, 1.165) is 19.6 Å². The maximum Gasteiger partial charge on any atom is 0.106 e. The summed E-state index contributed by atoms with van der Waals surface area (Å²) in [7, 11) is 0. The summed E-state index contributed by atoms with van der Waals surface area (Å²) in [6, 6.07) is 4.06. The van der Waals surface area contributed by atoms with Gasteiger partial charge in [0.05, 0.1) is 12.3 Å². The Morgan fingerprint density at radius 1 is 1.33 bits per heavy atom. The minimum atomic E-state index is 0.792. The van der Waals surface area contributed by atoms with Gasteiger partial charge in [-0.3, -0.25) is 0 Å². The molecule has 1 aromatic heterocycles. The molecule has 0 amide bonds. The van der Waals surface area contributed by atoms with Crippen molar-refractivity contribution in [3.8, 4) is 0 Å². The van der Waals surface area contributed by atoms with Crippen molar-refractivity contribution in [1.82, 2.24) is 4.57 Å². The Bertz CT molecular complexity index is 261. The van der Waals surface area contributed by atoms with Gasteiger partial charge in [-0.05, 0) is 24.6 Å². The maximum atomic E-state index is 5.49. The number of hydrogen-bond acceptors (Lipinski definition) is 1. The summed E-state index contributed by atoms with van der Waals surface area (Å²) in [6.07, 6.45) is 8.58. The van der Waals surface area contributed by atoms with Gasteiger partial charge >= 0.3 is 0 Å². The Labute approximate surface area is 72.5 Å². The minimum Gasteiger partial charge on any atom is -0.496 e. The monoisotopic (exact) mass is 163 g/mol. The SMILES string of the molecule is C1=C(OCCn2cccc2)CC1. The lowest BCUT2D eigenvalue weighted by Crippen LogP contribution is -2.06. The molecule has 0 N–H and O–H groups in total. The van der Waals surface area contributed by atoms with Crippen molar-refractivity contribution in [2.75, 3.05) is 6.61 Å². The van der Waals surface area contributed by atoms with Crippen LogP contribution in [-0.2, 0) is 11.3 Å². The molecule has 2 heteroatoms. The van der Waals surface area contributed by atoms with Crippen LogP contribution in [-0.4, -0.2) is 11.2 Å². The third-order valence-electron chi connectivity index (χ3n) is 2.07. The van der Waals surface area contributed by atoms with Crippen LogP contribution in [0.4, 0.5) is 0 Å². The van der Waals surface area contributed by atoms with E-state index in [0.29, 0.717) is 0 Å². The summed E-state index contributed by atoms with van der Waals surface area (Å²) in [5.74, 6) is 1.17. The second-order valence-electron chi connectivity index (χ2n) is 2.98. The molecule has 0 aliphatic heterocycles. The maximum absolute atomic E-state index is 5.49. The smallest absolute Gasteiger partial charge is 0.106 e. The van der Waals surface area contributed by atoms with Crippen molar-refractivity contribution in [3.05, 3.63) is 36.4 Å². The van der Waals surface area contributed by atoms with Crippen LogP contribution in [0, 0.1) is 0 Å². The molecule has 0 radical (unpaired) electrons. The van der Waals surface area contributed by atoms with Crippen LogP contribution in [0.3, 0.4) is 0 Å². The molecule has 12 heavy (non-hydrogen) atoms. The number of hydrogen-bond donors (Lipinski definition) is 0. The van der Waals surface area contributed by atoms with Crippen molar-refractivity contribution in [1.29, 1.82) is 0 Å². The van der Waals surface area contributed by atoms with Gasteiger partial charge in [0.2, 0.25) is 0 Å². The lowest BCUT2D eigenvalue weighted by Gasteiger charge is -2.15. The summed E-state index contributed by atoms with van der Waals surface area (Å²) in [5.41, 5.74) is 0. The zero-order valence-corrected chi connectivity index (χ0v) is 7.07. The molecule has 1 aliphatic carbocycles. The second-order valence-corrected chi connectivity index (χ2v) is 2.98. The third kappa shape index (κ3) is 1.70. The first-order valence-electron chi connectivity index (χ1n) is 4.38. The fourth-order valence-corrected chi connectivity index (χ4v) is 1.19. The van der Waals surface area contributed by atoms with Crippen LogP contribution in [0.1, 0.15) is 12.8 Å². The first kappa shape index (κ1) is 7.47. The zero-order valence-electron chi connectivity index (χ0n) is 7.07. The number of rotatable bonds is 4. The normalized spacial score (nSPS) is 15.2. The average molecular weight is 163 g/mol. The quantitative estimate of drug-likeness (QED) is 0.663. The number of ether oxygens (including phenoxy) is 1. The molecule has 2 rings (SSSR count). The van der Waals surface area contributed by atoms with E-state index in [1.165, 1.54) is 12.2 Å². The van der Waals surface area contributed by atoms with E-state index in [9.17, 15) is 0 Å². The summed E-state index contributed by atoms with van der Waals surface area (Å²) in [5, 5.41) is 0. The molecule has 0 saturated carbocycles. The van der Waals surface area contributed by atoms with Gasteiger partial charge in [0, 0.05) is 18.8 Å². The molecule has 0 spiro atoms. The van der Waals surface area contributed by atoms with E-state index < -0.39 is 0 Å². The highest BCUT2D eigenvalue weighted by atomic mass is 16.5. The fourth-order valence-electron chi connectivity index (χ4n) is 1.19. The Balaban J connectivity index is 1.69. The Kier molecular flexibility index (Phi) is 2.16. The lowest BCUT2D eigenvalue weighted by atomic mass is 10.1. The molecule has 64 valence electrons. The molecule has 0 aromatic carbocycles. The van der Waals surface area contributed by atoms with E-state index in [-0.39, 0.29) is 0 Å². The van der Waals surface area contributed by atoms with E-state index in [1.807, 2.05) is 12.1 Å². The molecule has 0 unspecified atom stereocenters. The van der Waals surface area contributed by atoms with Gasteiger partial charge in [-0.15, -0.1) is 0 Å². The average Bonchev–Trinajstić information content (AvgIpc) is 2.46. The standard InChI is InChI=1S/C10H13NO/c1-2-7-11(6-1)8-9-12-10-4-3-5-10/h1-2,4,6-7H,3,5,8-9H2. The molecule has 0 saturated heterocycles. The summed E-state index contributed by atoms with van der Waals surface area (Å²) in [6.45, 7) is 1.74. The molecule has 0 fully saturated rings. The van der Waals surface area contributed by atoms with Crippen molar-refractivity contribution < 1.29 is 4.74 Å². The molecular weight excluding hydrogens is 150 g/mol. The van der Waals surface area contributed by atoms with Crippen LogP contribution in [0.2, 0.25) is 0 Å². The third-order valence-corrected chi connectivity index (χ3v) is 2.07. The van der Waals surface area contributed by atoms with E-state index in [1.54, 1.807) is 0 Å². The topological polar surface area (TPSA) is 14.2 Å². The predicted octanol–water partition coefficient (Wildman–Crippen LogP) is 2.18. The lowest BCUT2D eigenvalue weighted by molar-refractivity contribution is 0.179. The highest BCUT2D eigenvalue weighted by Gasteiger charge is 2.05. The highest BCUT2D eigenvalue weighted by molar-refractivity contribution is 5.04. The minimum absolute atomic E-state index is 0.792. The first-order valence-corrected chi connectivity index (χ1v) is 4.38. The van der Waals surface area contributed by atoms with Crippen LogP contribution in [0.15, 0.2) is 36.4 Å². The number of nitrogens with zero attached hydrogens (tertiary/aromatic N) is 1. The van der Waals surface area contributed by atoms with Crippen molar-refractivity contribution >= 4 is 0 Å². The van der Waals surface area contributed by atoms with Crippen LogP contribution in [0.25, 0.3) is 0 Å². The second kappa shape index (κ2) is 3.48. The number of allylic oxidation sites excluding steroid dienone is 2. The Morgan fingerprint density at radius 2 is 2.08 bits per heavy atom. The van der Waals surface area contributed by atoms with Crippen LogP contribution in [0.5, 0.6) is 0 Å². The predicted molar refractivity (Wildman–Crippen MR) is 47.7 cm³/mol. The van der Waals surface area contributed by atoms with Gasteiger partial charge in [0.15, 0.2) is 0 Å². The van der Waals surface area contributed by atoms with Crippen molar-refractivity contribution in [2.24, 2.45) is 0 Å². The largest absolute Gasteiger partial charge is 0.496 e. The Morgan fingerprint density at radius 3 is 2.67 bits per heavy atom. The highest BCUT2D eigenvalue weighted by Crippen LogP contribution is 2.18. The molecule has 0 atom stereocenters. The van der Waals surface area contributed by atoms with E-state index in [4.69, 9.17) is 4.74 Å². The molecular formula is C10H13NO. The summed E-state index contributed by atoms with van der Waals surface area (Å²) < 4.78 is 7.62. The van der Waals surface area contributed by atoms with Gasteiger partial charge in [0.1, 0.15) is 6.61 Å². The summed E-state index contributed by atoms with van der Waals surface area (Å²) in [4.78, 5) is 0. The van der Waals surface area contributed by atoms with E-state index >= 15 is 0 Å². The molecule has 1 heterocycles. The van der Waals surface area contributed by atoms with Crippen molar-refractivity contribution in [3.63, 3.8) is 0 Å². The van der Waals surface area contributed by atoms with E-state index in [2.05, 4.69) is 23.0 Å². The van der Waals surface area contributed by atoms with Gasteiger partial charge in [-0.25, -0.2) is 0 Å². The summed E-state index contributed by atoms with van der Waals surface area (Å²) >= 11 is 0. The van der Waals surface area contributed by atoms with Gasteiger partial charge in [0.25, 0.3) is 0 Å². The van der Waals surface area contributed by atoms with Gasteiger partial charge < -0.3 is 9.30 Å². The zero-order chi connectivity index (χ0) is 8.23. The van der Waals surface area contributed by atoms with Crippen molar-refractivity contribution in [2.45, 2.75) is 19.4 Å². The molecule has 1 aliphatic rings. The fraction of sp³-hybridized carbons (Fsp3) is 0.400. The van der Waals surface area contributed by atoms with Crippen LogP contribution < -0.4 is 0 Å². The van der Waals surface area contributed by atoms with Crippen LogP contribution >= 0.6 is 0 Å². The first-order chi connectivity index (χ1) is 5.95. The van der Waals surface area contributed by atoms with Gasteiger partial charge in [-0.2, -0.15) is 0 Å². The van der Waals surface area contributed by atoms with Gasteiger partial charge in [-0.1, -0.05) is 0 Å². The molecule has 1 aromatic rings. The molecule has 0 bridgehead atoms.